The van der Waals surface area contributed by atoms with Crippen LogP contribution in [-0.4, -0.2) is 53.3 Å². The van der Waals surface area contributed by atoms with Crippen molar-refractivity contribution in [3.8, 4) is 17.9 Å². The number of nitrogens with one attached hydrogen (secondary N) is 4. The molecule has 0 spiro atoms. The maximum absolute atomic E-state index is 12.3. The number of aliphatic hydroxyl groups excluding tert-OH is 1. The van der Waals surface area contributed by atoms with E-state index in [1.807, 2.05) is 6.07 Å². The Hall–Kier alpha value is -4.22. The summed E-state index contributed by atoms with van der Waals surface area (Å²) in [6.07, 6.45) is -0.865. The Labute approximate surface area is 204 Å². The lowest BCUT2D eigenvalue weighted by Crippen LogP contribution is -2.51. The molecule has 0 saturated heterocycles. The molecule has 2 rings (SSSR count). The lowest BCUT2D eigenvalue weighted by Gasteiger charge is -2.19. The van der Waals surface area contributed by atoms with Gasteiger partial charge in [-0.3, -0.25) is 19.6 Å². The second-order valence-electron chi connectivity index (χ2n) is 7.21. The molecule has 6 N–H and O–H groups in total. The van der Waals surface area contributed by atoms with Crippen molar-refractivity contribution >= 4 is 23.4 Å². The normalized spacial score (nSPS) is 11.4. The zero-order valence-electron chi connectivity index (χ0n) is 18.5. The minimum atomic E-state index is -1.30. The third-order valence-corrected chi connectivity index (χ3v) is 4.53. The van der Waals surface area contributed by atoms with Gasteiger partial charge in [-0.2, -0.15) is 5.26 Å². The predicted octanol–water partition coefficient (Wildman–Crippen LogP) is 1.15. The predicted molar refractivity (Wildman–Crippen MR) is 130 cm³/mol. The summed E-state index contributed by atoms with van der Waals surface area (Å²) >= 11 is 0. The van der Waals surface area contributed by atoms with Crippen molar-refractivity contribution in [3.63, 3.8) is 0 Å². The highest BCUT2D eigenvalue weighted by Crippen LogP contribution is 2.09. The largest absolute Gasteiger partial charge is 0.391 e. The molecule has 35 heavy (non-hydrogen) atoms. The summed E-state index contributed by atoms with van der Waals surface area (Å²) in [5.41, 5.74) is 3.66. The summed E-state index contributed by atoms with van der Waals surface area (Å²) in [4.78, 5) is 35.7. The highest BCUT2D eigenvalue weighted by atomic mass is 16.5. The fourth-order valence-corrected chi connectivity index (χ4v) is 2.74. The van der Waals surface area contributed by atoms with Gasteiger partial charge in [0.15, 0.2) is 0 Å². The average Bonchev–Trinajstić information content (AvgIpc) is 2.84. The molecule has 2 atom stereocenters. The van der Waals surface area contributed by atoms with Crippen molar-refractivity contribution in [2.24, 2.45) is 0 Å². The van der Waals surface area contributed by atoms with Crippen molar-refractivity contribution in [2.45, 2.75) is 32.9 Å². The molecule has 2 aromatic carbocycles. The van der Waals surface area contributed by atoms with Crippen molar-refractivity contribution in [1.29, 1.82) is 5.26 Å². The van der Waals surface area contributed by atoms with Crippen molar-refractivity contribution in [3.05, 3.63) is 65.2 Å². The molecule has 0 saturated carbocycles. The van der Waals surface area contributed by atoms with Crippen LogP contribution in [0.1, 0.15) is 42.3 Å². The first kappa shape index (κ1) is 28.8. The van der Waals surface area contributed by atoms with Gasteiger partial charge >= 0.3 is 0 Å². The Morgan fingerprint density at radius 2 is 1.57 bits per heavy atom. The molecular formula is C25H29N5O5. The quantitative estimate of drug-likeness (QED) is 0.136. The van der Waals surface area contributed by atoms with E-state index in [0.29, 0.717) is 24.2 Å². The molecule has 0 heterocycles. The van der Waals surface area contributed by atoms with Crippen molar-refractivity contribution in [1.82, 2.24) is 16.1 Å². The number of hydrogen-bond acceptors (Lipinski definition) is 7. The monoisotopic (exact) mass is 479 g/mol. The van der Waals surface area contributed by atoms with Crippen molar-refractivity contribution < 1.29 is 24.7 Å². The number of aliphatic hydroxyl groups is 1. The lowest BCUT2D eigenvalue weighted by atomic mass is 10.1. The van der Waals surface area contributed by atoms with Gasteiger partial charge in [0.05, 0.1) is 18.7 Å². The van der Waals surface area contributed by atoms with Gasteiger partial charge in [0.25, 0.3) is 11.8 Å². The first-order valence-corrected chi connectivity index (χ1v) is 10.4. The van der Waals surface area contributed by atoms with E-state index < -0.39 is 24.0 Å². The molecule has 0 aliphatic rings. The zero-order chi connectivity index (χ0) is 24.9. The van der Waals surface area contributed by atoms with Crippen LogP contribution in [0.15, 0.2) is 48.5 Å². The van der Waals surface area contributed by atoms with E-state index in [0.717, 1.165) is 5.56 Å². The molecule has 0 fully saturated rings. The second-order valence-corrected chi connectivity index (χ2v) is 7.21. The van der Waals surface area contributed by atoms with E-state index in [9.17, 15) is 19.5 Å². The first-order chi connectivity index (χ1) is 16.3. The van der Waals surface area contributed by atoms with Crippen LogP contribution >= 0.6 is 0 Å². The minimum Gasteiger partial charge on any atom is -0.391 e. The number of carbonyl (C=O) groups excluding carboxylic acids is 3. The molecule has 184 valence electrons. The van der Waals surface area contributed by atoms with Gasteiger partial charge in [-0.25, -0.2) is 5.48 Å². The Morgan fingerprint density at radius 3 is 2.09 bits per heavy atom. The average molecular weight is 480 g/mol. The highest BCUT2D eigenvalue weighted by molar-refractivity contribution is 5.97. The second kappa shape index (κ2) is 14.8. The van der Waals surface area contributed by atoms with Crippen molar-refractivity contribution in [2.75, 3.05) is 18.4 Å². The Morgan fingerprint density at radius 1 is 1.00 bits per heavy atom. The van der Waals surface area contributed by atoms with Crippen LogP contribution in [0.5, 0.6) is 0 Å². The van der Waals surface area contributed by atoms with Gasteiger partial charge in [0.1, 0.15) is 6.04 Å². The maximum atomic E-state index is 12.3. The molecule has 0 aliphatic carbocycles. The number of nitriles is 1. The zero-order valence-corrected chi connectivity index (χ0v) is 18.5. The highest BCUT2D eigenvalue weighted by Gasteiger charge is 2.25. The summed E-state index contributed by atoms with van der Waals surface area (Å²) < 4.78 is 0. The molecule has 0 bridgehead atoms. The minimum absolute atomic E-state index is 0. The van der Waals surface area contributed by atoms with E-state index in [2.05, 4.69) is 27.8 Å². The van der Waals surface area contributed by atoms with Gasteiger partial charge in [-0.05, 0) is 55.5 Å². The van der Waals surface area contributed by atoms with Gasteiger partial charge in [0.2, 0.25) is 5.91 Å². The molecular weight excluding hydrogens is 450 g/mol. The van der Waals surface area contributed by atoms with Gasteiger partial charge < -0.3 is 21.1 Å². The van der Waals surface area contributed by atoms with Gasteiger partial charge in [-0.15, -0.1) is 0 Å². The maximum Gasteiger partial charge on any atom is 0.268 e. The van der Waals surface area contributed by atoms with E-state index in [-0.39, 0.29) is 25.4 Å². The summed E-state index contributed by atoms with van der Waals surface area (Å²) in [5.74, 6) is 4.23. The molecule has 0 radical (unpaired) electrons. The van der Waals surface area contributed by atoms with E-state index >= 15 is 0 Å². The van der Waals surface area contributed by atoms with Crippen LogP contribution in [0.4, 0.5) is 5.69 Å². The van der Waals surface area contributed by atoms with Gasteiger partial charge in [-0.1, -0.05) is 19.3 Å². The Balaban J connectivity index is 0.00000612. The number of anilines is 1. The number of hydrogen-bond donors (Lipinski definition) is 6. The molecule has 10 heteroatoms. The summed E-state index contributed by atoms with van der Waals surface area (Å²) in [6.45, 7) is 1.88. The van der Waals surface area contributed by atoms with Gasteiger partial charge in [0, 0.05) is 35.3 Å². The summed E-state index contributed by atoms with van der Waals surface area (Å²) in [7, 11) is 0. The first-order valence-electron chi connectivity index (χ1n) is 10.4. The van der Waals surface area contributed by atoms with Crippen LogP contribution in [0.3, 0.4) is 0 Å². The molecule has 0 aromatic heterocycles. The molecule has 0 unspecified atom stereocenters. The Bertz CT molecular complexity index is 1100. The Kier molecular flexibility index (Phi) is 12.2. The number of nitrogens with zero attached hydrogens (tertiary/aromatic N) is 1. The third-order valence-electron chi connectivity index (χ3n) is 4.53. The van der Waals surface area contributed by atoms with E-state index in [4.69, 9.17) is 10.5 Å². The molecule has 0 aliphatic heterocycles. The summed E-state index contributed by atoms with van der Waals surface area (Å²) in [5, 5.41) is 34.8. The number of benzene rings is 2. The van der Waals surface area contributed by atoms with E-state index in [1.165, 1.54) is 24.5 Å². The molecule has 2 aromatic rings. The summed E-state index contributed by atoms with van der Waals surface area (Å²) in [6, 6.07) is 14.0. The van der Waals surface area contributed by atoms with Crippen LogP contribution in [0.2, 0.25) is 0 Å². The smallest absolute Gasteiger partial charge is 0.268 e. The van der Waals surface area contributed by atoms with Crippen LogP contribution in [0.25, 0.3) is 0 Å². The molecule has 10 nitrogen and oxygen atoms in total. The SMILES string of the molecule is C.C[C@@H](O)[C@H](NC(=O)c1ccc(C#Cc2ccc(NC(=O)CNCCC#N)cc2)cc1)C(=O)NO. The van der Waals surface area contributed by atoms with Crippen LogP contribution < -0.4 is 21.4 Å². The number of hydroxylamine groups is 1. The fraction of sp³-hybridized carbons (Fsp3) is 0.280. The number of rotatable bonds is 9. The fourth-order valence-electron chi connectivity index (χ4n) is 2.74. The van der Waals surface area contributed by atoms with E-state index in [1.54, 1.807) is 36.4 Å². The number of amides is 3. The van der Waals surface area contributed by atoms with Crippen LogP contribution in [0, 0.1) is 23.2 Å². The lowest BCUT2D eigenvalue weighted by molar-refractivity contribution is -0.133. The number of carbonyl (C=O) groups is 3. The third kappa shape index (κ3) is 9.66. The standard InChI is InChI=1S/C24H25N5O5.CH4/c1-16(30)22(24(33)29-34)28-23(32)19-9-5-17(6-10-19)3-4-18-7-11-20(12-8-18)27-21(31)15-26-14-2-13-25;/h5-12,16,22,26,30,34H,2,14-15H2,1H3,(H,27,31)(H,28,32)(H,29,33);1H4/t16-,22+;/m1./s1. The topological polar surface area (TPSA) is 164 Å². The van der Waals surface area contributed by atoms with Crippen LogP contribution in [-0.2, 0) is 9.59 Å². The molecule has 3 amide bonds.